The largest absolute Gasteiger partial charge is 0.369 e. The van der Waals surface area contributed by atoms with Gasteiger partial charge in [-0.05, 0) is 17.7 Å². The van der Waals surface area contributed by atoms with E-state index in [0.29, 0.717) is 15.6 Å². The van der Waals surface area contributed by atoms with Crippen molar-refractivity contribution in [1.29, 1.82) is 5.26 Å². The maximum atomic E-state index is 11.8. The van der Waals surface area contributed by atoms with Gasteiger partial charge in [0.2, 0.25) is 11.8 Å². The lowest BCUT2D eigenvalue weighted by Crippen LogP contribution is -2.31. The number of halogens is 1. The van der Waals surface area contributed by atoms with Gasteiger partial charge in [0.15, 0.2) is 0 Å². The fourth-order valence-corrected chi connectivity index (χ4v) is 3.00. The molecule has 0 aliphatic carbocycles. The lowest BCUT2D eigenvalue weighted by Gasteiger charge is -2.24. The van der Waals surface area contributed by atoms with E-state index in [1.54, 1.807) is 24.3 Å². The average Bonchev–Trinajstić information content (AvgIpc) is 2.45. The maximum absolute atomic E-state index is 11.8. The summed E-state index contributed by atoms with van der Waals surface area (Å²) in [5.74, 6) is -1.03. The molecule has 1 aromatic rings. The highest BCUT2D eigenvalue weighted by Crippen LogP contribution is 2.36. The van der Waals surface area contributed by atoms with E-state index in [2.05, 4.69) is 11.4 Å². The lowest BCUT2D eigenvalue weighted by atomic mass is 9.87. The second kappa shape index (κ2) is 6.66. The molecule has 1 aromatic carbocycles. The number of nitrogens with one attached hydrogen (secondary N) is 1. The van der Waals surface area contributed by atoms with Crippen molar-refractivity contribution < 1.29 is 9.59 Å². The third-order valence-corrected chi connectivity index (χ3v) is 4.28. The second-order valence-electron chi connectivity index (χ2n) is 4.47. The van der Waals surface area contributed by atoms with Crippen molar-refractivity contribution >= 4 is 35.2 Å². The molecule has 0 saturated carbocycles. The highest BCUT2D eigenvalue weighted by atomic mass is 35.5. The Labute approximate surface area is 131 Å². The zero-order valence-electron chi connectivity index (χ0n) is 10.9. The van der Waals surface area contributed by atoms with Crippen LogP contribution in [0.2, 0.25) is 5.02 Å². The van der Waals surface area contributed by atoms with Crippen LogP contribution in [0.3, 0.4) is 0 Å². The van der Waals surface area contributed by atoms with Crippen LogP contribution in [0, 0.1) is 11.3 Å². The first-order chi connectivity index (χ1) is 10.0. The maximum Gasteiger partial charge on any atom is 0.227 e. The van der Waals surface area contributed by atoms with Crippen LogP contribution in [0.15, 0.2) is 34.9 Å². The molecule has 0 aromatic heterocycles. The number of rotatable bonds is 4. The highest BCUT2D eigenvalue weighted by Gasteiger charge is 2.29. The van der Waals surface area contributed by atoms with Crippen LogP contribution < -0.4 is 11.1 Å². The van der Waals surface area contributed by atoms with Gasteiger partial charge >= 0.3 is 0 Å². The van der Waals surface area contributed by atoms with Gasteiger partial charge in [-0.15, -0.1) is 0 Å². The Bertz CT molecular complexity index is 649. The van der Waals surface area contributed by atoms with Crippen LogP contribution in [0.5, 0.6) is 0 Å². The molecule has 7 heteroatoms. The molecule has 21 heavy (non-hydrogen) atoms. The van der Waals surface area contributed by atoms with E-state index in [4.69, 9.17) is 17.3 Å². The van der Waals surface area contributed by atoms with Gasteiger partial charge in [-0.2, -0.15) is 5.26 Å². The number of thioether (sulfide) groups is 1. The summed E-state index contributed by atoms with van der Waals surface area (Å²) in [5.41, 5.74) is 6.37. The summed E-state index contributed by atoms with van der Waals surface area (Å²) >= 11 is 6.92. The number of nitriles is 1. The molecule has 1 aliphatic heterocycles. The van der Waals surface area contributed by atoms with Gasteiger partial charge in [-0.25, -0.2) is 0 Å². The second-order valence-corrected chi connectivity index (χ2v) is 5.89. The number of hydrogen-bond acceptors (Lipinski definition) is 4. The molecule has 1 heterocycles. The predicted octanol–water partition coefficient (Wildman–Crippen LogP) is 1.90. The number of benzene rings is 1. The van der Waals surface area contributed by atoms with E-state index in [1.165, 1.54) is 0 Å². The van der Waals surface area contributed by atoms with Crippen molar-refractivity contribution in [1.82, 2.24) is 5.32 Å². The first kappa shape index (κ1) is 15.4. The summed E-state index contributed by atoms with van der Waals surface area (Å²) in [6, 6.07) is 9.14. The van der Waals surface area contributed by atoms with Crippen molar-refractivity contribution in [3.8, 4) is 6.07 Å². The molecular weight excluding hydrogens is 310 g/mol. The normalized spacial score (nSPS) is 18.1. The number of primary amides is 1. The molecule has 0 fully saturated rings. The highest BCUT2D eigenvalue weighted by molar-refractivity contribution is 8.03. The van der Waals surface area contributed by atoms with Crippen LogP contribution in [-0.2, 0) is 9.59 Å². The van der Waals surface area contributed by atoms with Gasteiger partial charge < -0.3 is 11.1 Å². The Morgan fingerprint density at radius 2 is 2.14 bits per heavy atom. The van der Waals surface area contributed by atoms with Crippen LogP contribution in [0.4, 0.5) is 0 Å². The van der Waals surface area contributed by atoms with Gasteiger partial charge in [-0.3, -0.25) is 9.59 Å². The molecule has 0 unspecified atom stereocenters. The standard InChI is InChI=1S/C14H12ClN3O2S/c15-9-3-1-8(2-4-9)10-5-13(20)18-14(11(10)6-16)21-7-12(17)19/h1-4,10H,5,7H2,(H2,17,19)(H,18,20)/t10-/m1/s1. The Kier molecular flexibility index (Phi) is 4.89. The molecule has 0 radical (unpaired) electrons. The first-order valence-corrected chi connectivity index (χ1v) is 7.48. The monoisotopic (exact) mass is 321 g/mol. The van der Waals surface area contributed by atoms with Crippen LogP contribution >= 0.6 is 23.4 Å². The lowest BCUT2D eigenvalue weighted by molar-refractivity contribution is -0.121. The number of nitrogens with two attached hydrogens (primary N) is 1. The number of hydrogen-bond donors (Lipinski definition) is 2. The topological polar surface area (TPSA) is 96.0 Å². The fraction of sp³-hybridized carbons (Fsp3) is 0.214. The zero-order valence-corrected chi connectivity index (χ0v) is 12.5. The van der Waals surface area contributed by atoms with Crippen molar-refractivity contribution in [2.24, 2.45) is 5.73 Å². The minimum atomic E-state index is -0.507. The van der Waals surface area contributed by atoms with Crippen molar-refractivity contribution in [3.63, 3.8) is 0 Å². The summed E-state index contributed by atoms with van der Waals surface area (Å²) in [6.45, 7) is 0. The quantitative estimate of drug-likeness (QED) is 0.885. The number of amides is 2. The summed E-state index contributed by atoms with van der Waals surface area (Å²) in [6.07, 6.45) is 0.186. The summed E-state index contributed by atoms with van der Waals surface area (Å²) in [4.78, 5) is 22.7. The molecular formula is C14H12ClN3O2S. The fourth-order valence-electron chi connectivity index (χ4n) is 2.06. The van der Waals surface area contributed by atoms with Gasteiger partial charge in [0.1, 0.15) is 0 Å². The summed E-state index contributed by atoms with van der Waals surface area (Å²) < 4.78 is 0. The summed E-state index contributed by atoms with van der Waals surface area (Å²) in [5, 5.41) is 13.0. The van der Waals surface area contributed by atoms with E-state index in [9.17, 15) is 14.9 Å². The van der Waals surface area contributed by atoms with Gasteiger partial charge in [0.05, 0.1) is 22.4 Å². The number of nitrogens with zero attached hydrogens (tertiary/aromatic N) is 1. The van der Waals surface area contributed by atoms with E-state index in [-0.39, 0.29) is 24.0 Å². The molecule has 0 saturated heterocycles. The molecule has 3 N–H and O–H groups in total. The molecule has 0 spiro atoms. The molecule has 5 nitrogen and oxygen atoms in total. The number of carbonyl (C=O) groups excluding carboxylic acids is 2. The third kappa shape index (κ3) is 3.78. The van der Waals surface area contributed by atoms with Gasteiger partial charge in [0.25, 0.3) is 0 Å². The van der Waals surface area contributed by atoms with Crippen molar-refractivity contribution in [3.05, 3.63) is 45.5 Å². The zero-order chi connectivity index (χ0) is 15.4. The summed E-state index contributed by atoms with van der Waals surface area (Å²) in [7, 11) is 0. The van der Waals surface area contributed by atoms with Crippen molar-refractivity contribution in [2.45, 2.75) is 12.3 Å². The smallest absolute Gasteiger partial charge is 0.227 e. The molecule has 1 aliphatic rings. The van der Waals surface area contributed by atoms with Gasteiger partial charge in [0, 0.05) is 17.4 Å². The van der Waals surface area contributed by atoms with Crippen LogP contribution in [0.1, 0.15) is 17.9 Å². The SMILES string of the molecule is N#CC1=C(SCC(N)=O)NC(=O)C[C@@H]1c1ccc(Cl)cc1. The number of allylic oxidation sites excluding steroid dienone is 1. The molecule has 2 rings (SSSR count). The molecule has 108 valence electrons. The Balaban J connectivity index is 2.36. The van der Waals surface area contributed by atoms with Crippen LogP contribution in [-0.4, -0.2) is 17.6 Å². The molecule has 1 atom stereocenters. The third-order valence-electron chi connectivity index (χ3n) is 2.99. The Hall–Kier alpha value is -1.97. The Morgan fingerprint density at radius 1 is 1.48 bits per heavy atom. The minimum absolute atomic E-state index is 0.00807. The molecule has 2 amide bonds. The van der Waals surface area contributed by atoms with Crippen LogP contribution in [0.25, 0.3) is 0 Å². The minimum Gasteiger partial charge on any atom is -0.369 e. The van der Waals surface area contributed by atoms with Crippen molar-refractivity contribution in [2.75, 3.05) is 5.75 Å². The van der Waals surface area contributed by atoms with E-state index >= 15 is 0 Å². The number of carbonyl (C=O) groups is 2. The average molecular weight is 322 g/mol. The van der Waals surface area contributed by atoms with E-state index in [0.717, 1.165) is 17.3 Å². The van der Waals surface area contributed by atoms with E-state index < -0.39 is 5.91 Å². The molecule has 0 bridgehead atoms. The first-order valence-electron chi connectivity index (χ1n) is 6.12. The predicted molar refractivity (Wildman–Crippen MR) is 81.2 cm³/mol. The Morgan fingerprint density at radius 3 is 2.71 bits per heavy atom. The van der Waals surface area contributed by atoms with E-state index in [1.807, 2.05) is 0 Å². The van der Waals surface area contributed by atoms with Gasteiger partial charge in [-0.1, -0.05) is 35.5 Å².